The zero-order valence-corrected chi connectivity index (χ0v) is 11.2. The van der Waals surface area contributed by atoms with Crippen molar-refractivity contribution >= 4 is 11.9 Å². The van der Waals surface area contributed by atoms with E-state index in [4.69, 9.17) is 4.74 Å². The fraction of sp³-hybridized carbons (Fsp3) is 0.846. The highest BCUT2D eigenvalue weighted by Crippen LogP contribution is 2.31. The van der Waals surface area contributed by atoms with E-state index in [1.165, 1.54) is 0 Å². The molecule has 1 aliphatic rings. The van der Waals surface area contributed by atoms with Crippen LogP contribution in [0, 0.1) is 5.92 Å². The summed E-state index contributed by atoms with van der Waals surface area (Å²) in [5.74, 6) is 0.826. The first-order chi connectivity index (χ1) is 7.76. The van der Waals surface area contributed by atoms with Crippen molar-refractivity contribution in [3.8, 4) is 0 Å². The molecule has 0 heterocycles. The Balaban J connectivity index is 2.13. The molecule has 0 bridgehead atoms. The van der Waals surface area contributed by atoms with Gasteiger partial charge in [-0.1, -0.05) is 0 Å². The minimum atomic E-state index is -0.443. The lowest BCUT2D eigenvalue weighted by molar-refractivity contribution is -0.117. The molecular formula is C13H23NO3. The number of ether oxygens (including phenoxy) is 1. The highest BCUT2D eigenvalue weighted by molar-refractivity contribution is 5.75. The number of hydrogen-bond donors (Lipinski definition) is 1. The third-order valence-corrected chi connectivity index (χ3v) is 2.86. The van der Waals surface area contributed by atoms with Crippen LogP contribution in [0.1, 0.15) is 53.4 Å². The van der Waals surface area contributed by atoms with Gasteiger partial charge < -0.3 is 14.8 Å². The van der Waals surface area contributed by atoms with E-state index < -0.39 is 5.60 Å². The van der Waals surface area contributed by atoms with E-state index in [1.54, 1.807) is 6.92 Å². The number of carbonyl (C=O) groups excluding carboxylic acids is 2. The standard InChI is InChI=1S/C13H23NO3/c1-9(15)5-6-10-7-11(8-10)14-12(16)17-13(2,3)4/h10-11H,5-8H2,1-4H3,(H,14,16)/t10-,11-. The molecule has 1 rings (SSSR count). The molecule has 4 heteroatoms. The Labute approximate surface area is 103 Å². The molecule has 1 fully saturated rings. The van der Waals surface area contributed by atoms with Crippen LogP contribution in [-0.2, 0) is 9.53 Å². The Bertz CT molecular complexity index is 288. The molecule has 0 unspecified atom stereocenters. The van der Waals surface area contributed by atoms with Crippen LogP contribution in [0.4, 0.5) is 4.79 Å². The summed E-state index contributed by atoms with van der Waals surface area (Å²) in [7, 11) is 0. The summed E-state index contributed by atoms with van der Waals surface area (Å²) < 4.78 is 5.17. The van der Waals surface area contributed by atoms with Gasteiger partial charge in [-0.15, -0.1) is 0 Å². The van der Waals surface area contributed by atoms with E-state index in [0.29, 0.717) is 12.3 Å². The second kappa shape index (κ2) is 5.52. The van der Waals surface area contributed by atoms with Crippen LogP contribution >= 0.6 is 0 Å². The fourth-order valence-corrected chi connectivity index (χ4v) is 1.97. The molecule has 0 saturated heterocycles. The molecule has 0 aliphatic heterocycles. The van der Waals surface area contributed by atoms with Gasteiger partial charge in [-0.3, -0.25) is 0 Å². The minimum Gasteiger partial charge on any atom is -0.444 e. The number of Topliss-reactive ketones (excluding diaryl/α,β-unsaturated/α-hetero) is 1. The molecule has 98 valence electrons. The quantitative estimate of drug-likeness (QED) is 0.823. The maximum absolute atomic E-state index is 11.4. The van der Waals surface area contributed by atoms with Crippen LogP contribution < -0.4 is 5.32 Å². The van der Waals surface area contributed by atoms with E-state index >= 15 is 0 Å². The summed E-state index contributed by atoms with van der Waals surface area (Å²) in [6.07, 6.45) is 3.19. The summed E-state index contributed by atoms with van der Waals surface area (Å²) in [4.78, 5) is 22.3. The first kappa shape index (κ1) is 14.0. The summed E-state index contributed by atoms with van der Waals surface area (Å²) in [6, 6.07) is 0.224. The second-order valence-electron chi connectivity index (χ2n) is 5.92. The first-order valence-corrected chi connectivity index (χ1v) is 6.25. The number of rotatable bonds is 4. The van der Waals surface area contributed by atoms with Crippen molar-refractivity contribution < 1.29 is 14.3 Å². The van der Waals surface area contributed by atoms with Gasteiger partial charge in [-0.2, -0.15) is 0 Å². The highest BCUT2D eigenvalue weighted by atomic mass is 16.6. The van der Waals surface area contributed by atoms with Crippen molar-refractivity contribution in [1.29, 1.82) is 0 Å². The van der Waals surface area contributed by atoms with Crippen LogP contribution in [0.2, 0.25) is 0 Å². The molecule has 0 atom stereocenters. The molecular weight excluding hydrogens is 218 g/mol. The van der Waals surface area contributed by atoms with Crippen molar-refractivity contribution in [2.24, 2.45) is 5.92 Å². The maximum atomic E-state index is 11.4. The first-order valence-electron chi connectivity index (χ1n) is 6.25. The van der Waals surface area contributed by atoms with Crippen molar-refractivity contribution in [1.82, 2.24) is 5.32 Å². The van der Waals surface area contributed by atoms with Crippen LogP contribution in [0.15, 0.2) is 0 Å². The monoisotopic (exact) mass is 241 g/mol. The zero-order valence-electron chi connectivity index (χ0n) is 11.2. The number of alkyl carbamates (subject to hydrolysis) is 1. The number of carbonyl (C=O) groups is 2. The van der Waals surface area contributed by atoms with Crippen molar-refractivity contribution in [2.45, 2.75) is 65.0 Å². The molecule has 0 aromatic carbocycles. The smallest absolute Gasteiger partial charge is 0.407 e. The summed E-state index contributed by atoms with van der Waals surface area (Å²) >= 11 is 0. The number of nitrogens with one attached hydrogen (secondary N) is 1. The van der Waals surface area contributed by atoms with Gasteiger partial charge >= 0.3 is 6.09 Å². The van der Waals surface area contributed by atoms with Crippen molar-refractivity contribution in [3.05, 3.63) is 0 Å². The average molecular weight is 241 g/mol. The average Bonchev–Trinajstić information content (AvgIpc) is 2.04. The molecule has 1 saturated carbocycles. The van der Waals surface area contributed by atoms with Gasteiger partial charge in [0.25, 0.3) is 0 Å². The van der Waals surface area contributed by atoms with Gasteiger partial charge in [0.05, 0.1) is 0 Å². The van der Waals surface area contributed by atoms with E-state index in [0.717, 1.165) is 19.3 Å². The normalized spacial score (nSPS) is 23.8. The Morgan fingerprint density at radius 2 is 1.88 bits per heavy atom. The Hall–Kier alpha value is -1.06. The van der Waals surface area contributed by atoms with E-state index in [2.05, 4.69) is 5.32 Å². The Kier molecular flexibility index (Phi) is 4.54. The molecule has 4 nitrogen and oxygen atoms in total. The third kappa shape index (κ3) is 5.71. The van der Waals surface area contributed by atoms with Crippen molar-refractivity contribution in [3.63, 3.8) is 0 Å². The lowest BCUT2D eigenvalue weighted by Gasteiger charge is -2.36. The van der Waals surface area contributed by atoms with Gasteiger partial charge in [-0.25, -0.2) is 4.79 Å². The number of ketones is 1. The van der Waals surface area contributed by atoms with E-state index in [-0.39, 0.29) is 17.9 Å². The molecule has 1 aliphatic carbocycles. The van der Waals surface area contributed by atoms with E-state index in [9.17, 15) is 9.59 Å². The molecule has 0 radical (unpaired) electrons. The summed E-state index contributed by atoms with van der Waals surface area (Å²) in [5.41, 5.74) is -0.443. The van der Waals surface area contributed by atoms with Crippen LogP contribution in [0.5, 0.6) is 0 Å². The number of amides is 1. The Morgan fingerprint density at radius 1 is 1.29 bits per heavy atom. The van der Waals surface area contributed by atoms with Crippen LogP contribution in [0.3, 0.4) is 0 Å². The van der Waals surface area contributed by atoms with Gasteiger partial charge in [0.2, 0.25) is 0 Å². The van der Waals surface area contributed by atoms with Gasteiger partial charge in [0, 0.05) is 12.5 Å². The van der Waals surface area contributed by atoms with Crippen LogP contribution in [0.25, 0.3) is 0 Å². The highest BCUT2D eigenvalue weighted by Gasteiger charge is 2.31. The molecule has 1 amide bonds. The predicted molar refractivity (Wildman–Crippen MR) is 65.8 cm³/mol. The van der Waals surface area contributed by atoms with Gasteiger partial charge in [-0.05, 0) is 52.9 Å². The molecule has 17 heavy (non-hydrogen) atoms. The zero-order chi connectivity index (χ0) is 13.1. The fourth-order valence-electron chi connectivity index (χ4n) is 1.97. The Morgan fingerprint density at radius 3 is 2.35 bits per heavy atom. The third-order valence-electron chi connectivity index (χ3n) is 2.86. The van der Waals surface area contributed by atoms with Crippen molar-refractivity contribution in [2.75, 3.05) is 0 Å². The second-order valence-corrected chi connectivity index (χ2v) is 5.92. The number of hydrogen-bond acceptors (Lipinski definition) is 3. The minimum absolute atomic E-state index is 0.224. The summed E-state index contributed by atoms with van der Waals surface area (Å²) in [6.45, 7) is 7.17. The molecule has 0 aromatic heterocycles. The molecule has 1 N–H and O–H groups in total. The SMILES string of the molecule is CC(=O)CC[C@H]1C[C@H](NC(=O)OC(C)(C)C)C1. The van der Waals surface area contributed by atoms with Gasteiger partial charge in [0.1, 0.15) is 11.4 Å². The van der Waals surface area contributed by atoms with E-state index in [1.807, 2.05) is 20.8 Å². The molecule has 0 aromatic rings. The lowest BCUT2D eigenvalue weighted by atomic mass is 9.77. The predicted octanol–water partition coefficient (Wildman–Crippen LogP) is 2.66. The maximum Gasteiger partial charge on any atom is 0.407 e. The van der Waals surface area contributed by atoms with Gasteiger partial charge in [0.15, 0.2) is 0 Å². The lowest BCUT2D eigenvalue weighted by Crippen LogP contribution is -2.46. The largest absolute Gasteiger partial charge is 0.444 e. The van der Waals surface area contributed by atoms with Crippen LogP contribution in [-0.4, -0.2) is 23.5 Å². The summed E-state index contributed by atoms with van der Waals surface area (Å²) in [5, 5.41) is 2.84. The molecule has 0 spiro atoms. The topological polar surface area (TPSA) is 55.4 Å².